The second-order valence-corrected chi connectivity index (χ2v) is 9.73. The molecule has 0 bridgehead atoms. The molecule has 3 rings (SSSR count). The number of hydrogen-bond acceptors (Lipinski definition) is 4. The third-order valence-electron chi connectivity index (χ3n) is 5.26. The molecule has 0 aromatic heterocycles. The molecule has 1 saturated heterocycles. The van der Waals surface area contributed by atoms with Gasteiger partial charge in [-0.1, -0.05) is 18.2 Å². The van der Waals surface area contributed by atoms with Crippen LogP contribution in [-0.4, -0.2) is 44.9 Å². The van der Waals surface area contributed by atoms with Crippen LogP contribution >= 0.6 is 0 Å². The first-order chi connectivity index (χ1) is 14.8. The van der Waals surface area contributed by atoms with Crippen molar-refractivity contribution >= 4 is 21.6 Å². The summed E-state index contributed by atoms with van der Waals surface area (Å²) in [5.41, 5.74) is -2.16. The minimum Gasteiger partial charge on any atom is -0.379 e. The van der Waals surface area contributed by atoms with E-state index in [9.17, 15) is 30.8 Å². The average Bonchev–Trinajstić information content (AvgIpc) is 2.75. The number of amides is 1. The monoisotopic (exact) mass is 474 g/mol. The summed E-state index contributed by atoms with van der Waals surface area (Å²) in [6.45, 7) is 3.38. The zero-order chi connectivity index (χ0) is 23.7. The van der Waals surface area contributed by atoms with Crippen molar-refractivity contribution in [2.24, 2.45) is 0 Å². The Morgan fingerprint density at radius 3 is 2.28 bits per heavy atom. The van der Waals surface area contributed by atoms with E-state index in [1.54, 1.807) is 0 Å². The Morgan fingerprint density at radius 1 is 1.03 bits per heavy atom. The quantitative estimate of drug-likeness (QED) is 0.670. The van der Waals surface area contributed by atoms with Crippen LogP contribution in [0.15, 0.2) is 47.4 Å². The number of rotatable bonds is 5. The molecule has 0 atom stereocenters. The molecule has 2 aromatic rings. The summed E-state index contributed by atoms with van der Waals surface area (Å²) >= 11 is 0. The molecule has 0 aliphatic carbocycles. The number of hydrogen-bond donors (Lipinski definition) is 1. The van der Waals surface area contributed by atoms with Crippen LogP contribution < -0.4 is 5.32 Å². The van der Waals surface area contributed by atoms with E-state index < -0.39 is 43.8 Å². The van der Waals surface area contributed by atoms with Crippen LogP contribution in [0.5, 0.6) is 0 Å². The highest BCUT2D eigenvalue weighted by Crippen LogP contribution is 2.33. The Kier molecular flexibility index (Phi) is 6.64. The van der Waals surface area contributed by atoms with E-state index >= 15 is 0 Å². The van der Waals surface area contributed by atoms with Crippen molar-refractivity contribution in [3.8, 4) is 0 Å². The van der Waals surface area contributed by atoms with Gasteiger partial charge in [-0.15, -0.1) is 0 Å². The van der Waals surface area contributed by atoms with E-state index in [0.717, 1.165) is 28.6 Å². The third-order valence-corrected chi connectivity index (χ3v) is 7.17. The van der Waals surface area contributed by atoms with Gasteiger partial charge in [-0.25, -0.2) is 12.8 Å². The fourth-order valence-electron chi connectivity index (χ4n) is 3.21. The van der Waals surface area contributed by atoms with Gasteiger partial charge in [0.25, 0.3) is 0 Å². The van der Waals surface area contributed by atoms with Crippen LogP contribution in [0.2, 0.25) is 0 Å². The van der Waals surface area contributed by atoms with E-state index in [-0.39, 0.29) is 37.6 Å². The first kappa shape index (κ1) is 24.1. The molecule has 11 heteroatoms. The molecule has 174 valence electrons. The number of nitrogens with one attached hydrogen (secondary N) is 1. The standard InChI is InChI=1S/C21H22F4N2O4S/c1-20(2,14-4-3-5-15(12-14)21(23,24)25)19(28)26-16-6-7-17(22)18(13-16)32(29,30)27-8-10-31-11-9-27/h3-7,12-13H,8-11H2,1-2H3,(H,26,28). The molecule has 1 amide bonds. The second kappa shape index (κ2) is 8.80. The minimum atomic E-state index is -4.57. The number of carbonyl (C=O) groups is 1. The highest BCUT2D eigenvalue weighted by Gasteiger charge is 2.35. The molecule has 0 unspecified atom stereocenters. The number of carbonyl (C=O) groups excluding carboxylic acids is 1. The largest absolute Gasteiger partial charge is 0.416 e. The molecule has 1 aliphatic rings. The highest BCUT2D eigenvalue weighted by atomic mass is 32.2. The summed E-state index contributed by atoms with van der Waals surface area (Å²) in [6.07, 6.45) is -4.57. The molecule has 1 heterocycles. The van der Waals surface area contributed by atoms with E-state index in [1.165, 1.54) is 32.0 Å². The number of alkyl halides is 3. The number of morpholine rings is 1. The number of nitrogens with zero attached hydrogens (tertiary/aromatic N) is 1. The zero-order valence-corrected chi connectivity index (χ0v) is 18.2. The van der Waals surface area contributed by atoms with Crippen molar-refractivity contribution in [3.63, 3.8) is 0 Å². The lowest BCUT2D eigenvalue weighted by Gasteiger charge is -2.27. The summed E-state index contributed by atoms with van der Waals surface area (Å²) < 4.78 is 85.3. The van der Waals surface area contributed by atoms with Gasteiger partial charge in [0.05, 0.1) is 24.2 Å². The third kappa shape index (κ3) is 4.94. The van der Waals surface area contributed by atoms with Crippen LogP contribution in [0.25, 0.3) is 0 Å². The molecule has 1 N–H and O–H groups in total. The first-order valence-electron chi connectivity index (χ1n) is 9.70. The lowest BCUT2D eigenvalue weighted by molar-refractivity contribution is -0.137. The van der Waals surface area contributed by atoms with Gasteiger partial charge in [0.1, 0.15) is 10.7 Å². The van der Waals surface area contributed by atoms with Crippen LogP contribution in [0, 0.1) is 5.82 Å². The summed E-state index contributed by atoms with van der Waals surface area (Å²) in [7, 11) is -4.16. The Hall–Kier alpha value is -2.50. The zero-order valence-electron chi connectivity index (χ0n) is 17.4. The van der Waals surface area contributed by atoms with Crippen molar-refractivity contribution in [1.82, 2.24) is 4.31 Å². The van der Waals surface area contributed by atoms with Gasteiger partial charge in [0.2, 0.25) is 15.9 Å². The van der Waals surface area contributed by atoms with E-state index in [4.69, 9.17) is 4.74 Å². The van der Waals surface area contributed by atoms with Gasteiger partial charge in [-0.2, -0.15) is 17.5 Å². The lowest BCUT2D eigenvalue weighted by Crippen LogP contribution is -2.41. The van der Waals surface area contributed by atoms with Crippen molar-refractivity contribution in [3.05, 3.63) is 59.4 Å². The van der Waals surface area contributed by atoms with Crippen molar-refractivity contribution < 1.29 is 35.5 Å². The maximum absolute atomic E-state index is 14.4. The van der Waals surface area contributed by atoms with Crippen molar-refractivity contribution in [2.75, 3.05) is 31.6 Å². The summed E-state index contributed by atoms with van der Waals surface area (Å²) in [6, 6.07) is 7.50. The average molecular weight is 474 g/mol. The van der Waals surface area contributed by atoms with Crippen molar-refractivity contribution in [2.45, 2.75) is 30.3 Å². The molecular weight excluding hydrogens is 452 g/mol. The van der Waals surface area contributed by atoms with Gasteiger partial charge in [0.15, 0.2) is 0 Å². The van der Waals surface area contributed by atoms with Gasteiger partial charge < -0.3 is 10.1 Å². The summed E-state index contributed by atoms with van der Waals surface area (Å²) in [4.78, 5) is 12.3. The molecule has 1 aliphatic heterocycles. The number of benzene rings is 2. The Labute approximate surface area is 183 Å². The van der Waals surface area contributed by atoms with Gasteiger partial charge in [0, 0.05) is 18.8 Å². The molecule has 1 fully saturated rings. The Bertz CT molecular complexity index is 1110. The molecule has 0 radical (unpaired) electrons. The van der Waals surface area contributed by atoms with Crippen LogP contribution in [0.4, 0.5) is 23.2 Å². The van der Waals surface area contributed by atoms with Crippen LogP contribution in [0.3, 0.4) is 0 Å². The normalized spacial score (nSPS) is 16.1. The number of sulfonamides is 1. The fourth-order valence-corrected chi connectivity index (χ4v) is 4.71. The maximum Gasteiger partial charge on any atom is 0.416 e. The van der Waals surface area contributed by atoms with Gasteiger partial charge in [-0.05, 0) is 43.7 Å². The molecular formula is C21H22F4N2O4S. The van der Waals surface area contributed by atoms with Crippen LogP contribution in [0.1, 0.15) is 25.0 Å². The Morgan fingerprint density at radius 2 is 1.66 bits per heavy atom. The predicted octanol–water partition coefficient (Wildman–Crippen LogP) is 3.78. The summed E-state index contributed by atoms with van der Waals surface area (Å²) in [5, 5.41) is 2.49. The van der Waals surface area contributed by atoms with Crippen molar-refractivity contribution in [1.29, 1.82) is 0 Å². The summed E-state index contributed by atoms with van der Waals surface area (Å²) in [5.74, 6) is -1.66. The molecule has 6 nitrogen and oxygen atoms in total. The molecule has 2 aromatic carbocycles. The second-order valence-electron chi connectivity index (χ2n) is 7.82. The molecule has 0 spiro atoms. The van der Waals surface area contributed by atoms with Gasteiger partial charge >= 0.3 is 6.18 Å². The fraction of sp³-hybridized carbons (Fsp3) is 0.381. The minimum absolute atomic E-state index is 0.00304. The predicted molar refractivity (Wildman–Crippen MR) is 109 cm³/mol. The topological polar surface area (TPSA) is 75.7 Å². The number of anilines is 1. The van der Waals surface area contributed by atoms with Gasteiger partial charge in [-0.3, -0.25) is 4.79 Å². The van der Waals surface area contributed by atoms with Crippen LogP contribution in [-0.2, 0) is 31.1 Å². The number of ether oxygens (including phenoxy) is 1. The highest BCUT2D eigenvalue weighted by molar-refractivity contribution is 7.89. The van der Waals surface area contributed by atoms with E-state index in [2.05, 4.69) is 5.32 Å². The SMILES string of the molecule is CC(C)(C(=O)Nc1ccc(F)c(S(=O)(=O)N2CCOCC2)c1)c1cccc(C(F)(F)F)c1. The Balaban J connectivity index is 1.87. The molecule has 0 saturated carbocycles. The maximum atomic E-state index is 14.4. The lowest BCUT2D eigenvalue weighted by atomic mass is 9.83. The number of halogens is 4. The molecule has 32 heavy (non-hydrogen) atoms. The van der Waals surface area contributed by atoms with E-state index in [1.807, 2.05) is 0 Å². The smallest absolute Gasteiger partial charge is 0.379 e. The first-order valence-corrected chi connectivity index (χ1v) is 11.1. The van der Waals surface area contributed by atoms with E-state index in [0.29, 0.717) is 0 Å².